The van der Waals surface area contributed by atoms with Gasteiger partial charge in [0, 0.05) is 12.8 Å². The normalized spacial score (nSPS) is 26.9. The van der Waals surface area contributed by atoms with E-state index in [-0.39, 0.29) is 11.9 Å². The Morgan fingerprint density at radius 2 is 0.795 bits per heavy atom. The van der Waals surface area contributed by atoms with Crippen LogP contribution in [0.5, 0.6) is 0 Å². The standard InChI is InChI=1S/C38H66O6/c39-37(41-27-17-11-7-3-1-5-9-13-19-31-23-25-33-35(29-31)43-33)21-15-16-22-38(40)42-28-18-12-8-4-2-6-10-14-20-32-24-26-34-36(30-32)44-34/h31-36H,1-30H2. The summed E-state index contributed by atoms with van der Waals surface area (Å²) >= 11 is 0. The van der Waals surface area contributed by atoms with Crippen molar-refractivity contribution in [2.24, 2.45) is 11.8 Å². The molecule has 0 radical (unpaired) electrons. The number of carbonyl (C=O) groups excluding carboxylic acids is 2. The van der Waals surface area contributed by atoms with Crippen LogP contribution in [-0.2, 0) is 28.5 Å². The Balaban J connectivity index is 0.794. The van der Waals surface area contributed by atoms with Crippen LogP contribution in [0.2, 0.25) is 0 Å². The first kappa shape index (κ1) is 35.7. The van der Waals surface area contributed by atoms with Crippen molar-refractivity contribution < 1.29 is 28.5 Å². The minimum atomic E-state index is -0.129. The van der Waals surface area contributed by atoms with Crippen LogP contribution in [0.1, 0.15) is 180 Å². The molecular formula is C38H66O6. The molecular weight excluding hydrogens is 552 g/mol. The van der Waals surface area contributed by atoms with Gasteiger partial charge in [0.15, 0.2) is 0 Å². The summed E-state index contributed by atoms with van der Waals surface area (Å²) in [4.78, 5) is 23.9. The first-order valence-electron chi connectivity index (χ1n) is 19.3. The Bertz CT molecular complexity index is 721. The van der Waals surface area contributed by atoms with Gasteiger partial charge in [-0.1, -0.05) is 103 Å². The summed E-state index contributed by atoms with van der Waals surface area (Å²) in [5.74, 6) is 1.59. The van der Waals surface area contributed by atoms with E-state index in [9.17, 15) is 9.59 Å². The van der Waals surface area contributed by atoms with Crippen LogP contribution < -0.4 is 0 Å². The van der Waals surface area contributed by atoms with Gasteiger partial charge in [0.2, 0.25) is 0 Å². The van der Waals surface area contributed by atoms with Crippen molar-refractivity contribution in [3.63, 3.8) is 0 Å². The molecule has 6 heteroatoms. The van der Waals surface area contributed by atoms with Gasteiger partial charge in [0.05, 0.1) is 37.6 Å². The molecule has 4 fully saturated rings. The van der Waals surface area contributed by atoms with E-state index in [0.29, 0.717) is 63.3 Å². The average molecular weight is 619 g/mol. The van der Waals surface area contributed by atoms with E-state index in [1.54, 1.807) is 0 Å². The van der Waals surface area contributed by atoms with Gasteiger partial charge < -0.3 is 18.9 Å². The third kappa shape index (κ3) is 15.9. The molecule has 0 aromatic carbocycles. The van der Waals surface area contributed by atoms with E-state index in [0.717, 1.165) is 37.5 Å². The fourth-order valence-corrected chi connectivity index (χ4v) is 7.74. The van der Waals surface area contributed by atoms with Gasteiger partial charge in [0.1, 0.15) is 0 Å². The van der Waals surface area contributed by atoms with E-state index < -0.39 is 0 Å². The lowest BCUT2D eigenvalue weighted by Gasteiger charge is -2.18. The summed E-state index contributed by atoms with van der Waals surface area (Å²) in [6.07, 6.45) is 35.7. The predicted octanol–water partition coefficient (Wildman–Crippen LogP) is 9.79. The van der Waals surface area contributed by atoms with E-state index in [4.69, 9.17) is 18.9 Å². The molecule has 0 N–H and O–H groups in total. The van der Waals surface area contributed by atoms with Gasteiger partial charge in [-0.05, 0) is 76.0 Å². The van der Waals surface area contributed by atoms with Crippen LogP contribution in [0.3, 0.4) is 0 Å². The molecule has 2 saturated heterocycles. The van der Waals surface area contributed by atoms with Gasteiger partial charge in [0.25, 0.3) is 0 Å². The summed E-state index contributed by atoms with van der Waals surface area (Å²) in [5, 5.41) is 0. The molecule has 44 heavy (non-hydrogen) atoms. The number of esters is 2. The zero-order valence-corrected chi connectivity index (χ0v) is 28.1. The summed E-state index contributed by atoms with van der Waals surface area (Å²) in [5.41, 5.74) is 0. The summed E-state index contributed by atoms with van der Waals surface area (Å²) in [7, 11) is 0. The molecule has 0 spiro atoms. The maximum Gasteiger partial charge on any atom is 0.305 e. The average Bonchev–Trinajstić information content (AvgIpc) is 3.95. The second kappa shape index (κ2) is 21.6. The van der Waals surface area contributed by atoms with E-state index in [1.165, 1.54) is 128 Å². The predicted molar refractivity (Wildman–Crippen MR) is 175 cm³/mol. The molecule has 6 atom stereocenters. The number of rotatable bonds is 27. The van der Waals surface area contributed by atoms with Crippen LogP contribution in [0, 0.1) is 11.8 Å². The number of ether oxygens (including phenoxy) is 4. The SMILES string of the molecule is O=C(CCCCC(=O)OCCCCCCCCCCC1CCC2OC2C1)OCCCCCCCCCCC1CCC2OC2C1. The van der Waals surface area contributed by atoms with Crippen LogP contribution in [0.25, 0.3) is 0 Å². The number of hydrogen-bond acceptors (Lipinski definition) is 6. The molecule has 2 aliphatic carbocycles. The lowest BCUT2D eigenvalue weighted by atomic mass is 9.85. The Morgan fingerprint density at radius 3 is 1.18 bits per heavy atom. The molecule has 0 aromatic heterocycles. The number of unbranched alkanes of at least 4 members (excludes halogenated alkanes) is 15. The summed E-state index contributed by atoms with van der Waals surface area (Å²) in [6, 6.07) is 0. The monoisotopic (exact) mass is 618 g/mol. The fourth-order valence-electron chi connectivity index (χ4n) is 7.74. The molecule has 0 amide bonds. The second-order valence-corrected chi connectivity index (χ2v) is 14.7. The lowest BCUT2D eigenvalue weighted by Crippen LogP contribution is -2.13. The third-order valence-corrected chi connectivity index (χ3v) is 10.8. The molecule has 4 aliphatic rings. The first-order valence-corrected chi connectivity index (χ1v) is 19.3. The highest BCUT2D eigenvalue weighted by Crippen LogP contribution is 2.42. The van der Waals surface area contributed by atoms with Gasteiger partial charge in [-0.15, -0.1) is 0 Å². The highest BCUT2D eigenvalue weighted by molar-refractivity contribution is 5.70. The van der Waals surface area contributed by atoms with Gasteiger partial charge in [-0.2, -0.15) is 0 Å². The maximum atomic E-state index is 12.0. The third-order valence-electron chi connectivity index (χ3n) is 10.8. The molecule has 2 saturated carbocycles. The van der Waals surface area contributed by atoms with Crippen molar-refractivity contribution >= 4 is 11.9 Å². The van der Waals surface area contributed by atoms with Crippen molar-refractivity contribution in [1.29, 1.82) is 0 Å². The topological polar surface area (TPSA) is 77.7 Å². The van der Waals surface area contributed by atoms with Crippen molar-refractivity contribution in [2.75, 3.05) is 13.2 Å². The lowest BCUT2D eigenvalue weighted by molar-refractivity contribution is -0.146. The first-order chi connectivity index (χ1) is 21.7. The maximum absolute atomic E-state index is 12.0. The number of epoxide rings is 2. The highest BCUT2D eigenvalue weighted by Gasteiger charge is 2.44. The van der Waals surface area contributed by atoms with E-state index in [2.05, 4.69) is 0 Å². The Morgan fingerprint density at radius 1 is 0.432 bits per heavy atom. The molecule has 0 bridgehead atoms. The molecule has 6 unspecified atom stereocenters. The zero-order chi connectivity index (χ0) is 30.7. The van der Waals surface area contributed by atoms with Crippen LogP contribution in [0.4, 0.5) is 0 Å². The van der Waals surface area contributed by atoms with E-state index in [1.807, 2.05) is 0 Å². The van der Waals surface area contributed by atoms with Crippen molar-refractivity contribution in [3.05, 3.63) is 0 Å². The minimum Gasteiger partial charge on any atom is -0.466 e. The second-order valence-electron chi connectivity index (χ2n) is 14.7. The summed E-state index contributed by atoms with van der Waals surface area (Å²) < 4.78 is 22.0. The van der Waals surface area contributed by atoms with Crippen molar-refractivity contribution in [3.8, 4) is 0 Å². The smallest absolute Gasteiger partial charge is 0.305 e. The molecule has 2 heterocycles. The molecule has 254 valence electrons. The Labute approximate surface area is 269 Å². The van der Waals surface area contributed by atoms with Gasteiger partial charge in [-0.3, -0.25) is 9.59 Å². The highest BCUT2D eigenvalue weighted by atomic mass is 16.6. The number of hydrogen-bond donors (Lipinski definition) is 0. The van der Waals surface area contributed by atoms with Crippen LogP contribution in [-0.4, -0.2) is 49.6 Å². The Kier molecular flexibility index (Phi) is 17.5. The molecule has 0 aromatic rings. The van der Waals surface area contributed by atoms with Gasteiger partial charge >= 0.3 is 11.9 Å². The summed E-state index contributed by atoms with van der Waals surface area (Å²) in [6.45, 7) is 1.07. The zero-order valence-electron chi connectivity index (χ0n) is 28.1. The number of carbonyl (C=O) groups is 2. The molecule has 6 nitrogen and oxygen atoms in total. The van der Waals surface area contributed by atoms with Crippen molar-refractivity contribution in [2.45, 2.75) is 204 Å². The molecule has 4 rings (SSSR count). The van der Waals surface area contributed by atoms with Gasteiger partial charge in [-0.25, -0.2) is 0 Å². The number of fused-ring (bicyclic) bond motifs is 2. The largest absolute Gasteiger partial charge is 0.466 e. The fraction of sp³-hybridized carbons (Fsp3) is 0.947. The van der Waals surface area contributed by atoms with Crippen LogP contribution in [0.15, 0.2) is 0 Å². The quantitative estimate of drug-likeness (QED) is 0.0518. The van der Waals surface area contributed by atoms with Crippen LogP contribution >= 0.6 is 0 Å². The van der Waals surface area contributed by atoms with Crippen molar-refractivity contribution in [1.82, 2.24) is 0 Å². The van der Waals surface area contributed by atoms with E-state index >= 15 is 0 Å². The molecule has 2 aliphatic heterocycles. The Hall–Kier alpha value is -1.14. The minimum absolute atomic E-state index is 0.129.